The summed E-state index contributed by atoms with van der Waals surface area (Å²) in [4.78, 5) is 11.8. The van der Waals surface area contributed by atoms with Crippen LogP contribution in [0.2, 0.25) is 0 Å². The van der Waals surface area contributed by atoms with Crippen molar-refractivity contribution in [3.63, 3.8) is 0 Å². The number of esters is 1. The van der Waals surface area contributed by atoms with Gasteiger partial charge in [-0.3, -0.25) is 4.72 Å². The number of anilines is 1. The Hall–Kier alpha value is -1.96. The predicted molar refractivity (Wildman–Crippen MR) is 81.0 cm³/mol. The third-order valence-electron chi connectivity index (χ3n) is 3.44. The third-order valence-corrected chi connectivity index (χ3v) is 5.03. The average Bonchev–Trinajstić information content (AvgIpc) is 2.50. The van der Waals surface area contributed by atoms with Gasteiger partial charge in [-0.05, 0) is 44.7 Å². The molecule has 0 saturated carbocycles. The molecule has 0 bridgehead atoms. The van der Waals surface area contributed by atoms with E-state index in [0.717, 1.165) is 12.1 Å². The Morgan fingerprint density at radius 1 is 1.26 bits per heavy atom. The van der Waals surface area contributed by atoms with E-state index in [1.165, 1.54) is 0 Å². The highest BCUT2D eigenvalue weighted by Crippen LogP contribution is 2.31. The zero-order valence-corrected chi connectivity index (χ0v) is 13.4. The van der Waals surface area contributed by atoms with Crippen molar-refractivity contribution in [3.8, 4) is 0 Å². The molecule has 0 spiro atoms. The topological polar surface area (TPSA) is 72.5 Å². The molecular weight excluding hydrogens is 328 g/mol. The Morgan fingerprint density at radius 2 is 1.96 bits per heavy atom. The molecule has 0 unspecified atom stereocenters. The van der Waals surface area contributed by atoms with Crippen molar-refractivity contribution in [2.45, 2.75) is 32.6 Å². The standard InChI is InChI=1S/C15H17F2NO4S/c1-2-22-15(19)11-5-3-4-6-14(11)23(20,21)18-13-8-7-10(16)9-12(13)17/h7-9,18H,2-6H2,1H3. The maximum atomic E-state index is 13.6. The van der Waals surface area contributed by atoms with Gasteiger partial charge in [-0.2, -0.15) is 0 Å². The molecule has 0 fully saturated rings. The summed E-state index contributed by atoms with van der Waals surface area (Å²) in [6.45, 7) is 1.76. The Kier molecular flexibility index (Phi) is 5.35. The lowest BCUT2D eigenvalue weighted by atomic mass is 9.99. The molecule has 2 rings (SSSR count). The van der Waals surface area contributed by atoms with E-state index in [4.69, 9.17) is 4.74 Å². The highest BCUT2D eigenvalue weighted by Gasteiger charge is 2.29. The Bertz CT molecular complexity index is 744. The molecule has 1 aromatic carbocycles. The maximum absolute atomic E-state index is 13.6. The quantitative estimate of drug-likeness (QED) is 0.833. The number of hydrogen-bond acceptors (Lipinski definition) is 4. The van der Waals surface area contributed by atoms with E-state index < -0.39 is 27.6 Å². The second-order valence-corrected chi connectivity index (χ2v) is 6.76. The molecule has 23 heavy (non-hydrogen) atoms. The van der Waals surface area contributed by atoms with Crippen LogP contribution < -0.4 is 4.72 Å². The minimum atomic E-state index is -4.12. The number of sulfonamides is 1. The molecule has 0 aliphatic heterocycles. The van der Waals surface area contributed by atoms with Gasteiger partial charge in [0.2, 0.25) is 0 Å². The van der Waals surface area contributed by atoms with E-state index >= 15 is 0 Å². The minimum absolute atomic E-state index is 0.0909. The smallest absolute Gasteiger partial charge is 0.335 e. The summed E-state index contributed by atoms with van der Waals surface area (Å²) < 4.78 is 58.5. The summed E-state index contributed by atoms with van der Waals surface area (Å²) in [7, 11) is -4.12. The molecule has 8 heteroatoms. The number of ether oxygens (including phenoxy) is 1. The van der Waals surface area contributed by atoms with Crippen molar-refractivity contribution in [1.82, 2.24) is 0 Å². The highest BCUT2D eigenvalue weighted by molar-refractivity contribution is 7.96. The number of carbonyl (C=O) groups is 1. The van der Waals surface area contributed by atoms with Crippen molar-refractivity contribution < 1.29 is 26.7 Å². The van der Waals surface area contributed by atoms with Crippen LogP contribution in [0.5, 0.6) is 0 Å². The fraction of sp³-hybridized carbons (Fsp3) is 0.400. The van der Waals surface area contributed by atoms with E-state index in [1.807, 2.05) is 0 Å². The van der Waals surface area contributed by atoms with Crippen molar-refractivity contribution in [1.29, 1.82) is 0 Å². The first-order chi connectivity index (χ1) is 10.8. The molecule has 126 valence electrons. The summed E-state index contributed by atoms with van der Waals surface area (Å²) in [5.41, 5.74) is -0.277. The van der Waals surface area contributed by atoms with Crippen molar-refractivity contribution >= 4 is 21.7 Å². The molecule has 0 radical (unpaired) electrons. The average molecular weight is 345 g/mol. The number of allylic oxidation sites excluding steroid dienone is 1. The largest absolute Gasteiger partial charge is 0.463 e. The third kappa shape index (κ3) is 4.07. The van der Waals surface area contributed by atoms with Gasteiger partial charge in [-0.15, -0.1) is 0 Å². The van der Waals surface area contributed by atoms with Crippen LogP contribution in [-0.4, -0.2) is 21.0 Å². The monoisotopic (exact) mass is 345 g/mol. The van der Waals surface area contributed by atoms with E-state index in [0.29, 0.717) is 25.3 Å². The van der Waals surface area contributed by atoms with Crippen LogP contribution in [0.25, 0.3) is 0 Å². The molecule has 5 nitrogen and oxygen atoms in total. The van der Waals surface area contributed by atoms with E-state index in [2.05, 4.69) is 4.72 Å². The molecule has 1 aliphatic carbocycles. The fourth-order valence-electron chi connectivity index (χ4n) is 2.39. The Labute approximate surface area is 133 Å². The normalized spacial score (nSPS) is 15.4. The van der Waals surface area contributed by atoms with Crippen LogP contribution in [0.1, 0.15) is 32.6 Å². The summed E-state index contributed by atoms with van der Waals surface area (Å²) in [6, 6.07) is 2.53. The van der Waals surface area contributed by atoms with Crippen molar-refractivity contribution in [3.05, 3.63) is 40.3 Å². The molecular formula is C15H17F2NO4S. The molecule has 1 aromatic rings. The number of nitrogens with one attached hydrogen (secondary N) is 1. The molecule has 0 saturated heterocycles. The summed E-state index contributed by atoms with van der Waals surface area (Å²) >= 11 is 0. The van der Waals surface area contributed by atoms with Gasteiger partial charge >= 0.3 is 5.97 Å². The second kappa shape index (κ2) is 7.08. The van der Waals surface area contributed by atoms with Crippen LogP contribution in [0.4, 0.5) is 14.5 Å². The number of benzene rings is 1. The number of carbonyl (C=O) groups excluding carboxylic acids is 1. The molecule has 1 N–H and O–H groups in total. The zero-order chi connectivity index (χ0) is 17.0. The minimum Gasteiger partial charge on any atom is -0.463 e. The fourth-order valence-corrected chi connectivity index (χ4v) is 3.89. The summed E-state index contributed by atoms with van der Waals surface area (Å²) in [6.07, 6.45) is 1.75. The Balaban J connectivity index is 2.37. The molecule has 0 atom stereocenters. The van der Waals surface area contributed by atoms with Gasteiger partial charge in [-0.1, -0.05) is 0 Å². The number of rotatable bonds is 5. The SMILES string of the molecule is CCOC(=O)C1=C(S(=O)(=O)Nc2ccc(F)cc2F)CCCC1. The molecule has 1 aliphatic rings. The van der Waals surface area contributed by atoms with E-state index in [9.17, 15) is 22.0 Å². The van der Waals surface area contributed by atoms with E-state index in [-0.39, 0.29) is 29.2 Å². The van der Waals surface area contributed by atoms with Gasteiger partial charge in [0.05, 0.1) is 22.8 Å². The zero-order valence-electron chi connectivity index (χ0n) is 12.6. The van der Waals surface area contributed by atoms with Gasteiger partial charge in [0, 0.05) is 6.07 Å². The molecule has 0 amide bonds. The predicted octanol–water partition coefficient (Wildman–Crippen LogP) is 3.10. The van der Waals surface area contributed by atoms with Gasteiger partial charge in [-0.25, -0.2) is 22.0 Å². The summed E-state index contributed by atoms with van der Waals surface area (Å²) in [5.74, 6) is -2.51. The summed E-state index contributed by atoms with van der Waals surface area (Å²) in [5, 5.41) is 0. The van der Waals surface area contributed by atoms with Gasteiger partial charge < -0.3 is 4.74 Å². The van der Waals surface area contributed by atoms with Crippen LogP contribution in [0.3, 0.4) is 0 Å². The van der Waals surface area contributed by atoms with Gasteiger partial charge in [0.1, 0.15) is 11.6 Å². The lowest BCUT2D eigenvalue weighted by Crippen LogP contribution is -2.23. The van der Waals surface area contributed by atoms with Crippen LogP contribution in [0.15, 0.2) is 28.7 Å². The highest BCUT2D eigenvalue weighted by atomic mass is 32.2. The maximum Gasteiger partial charge on any atom is 0.335 e. The van der Waals surface area contributed by atoms with E-state index in [1.54, 1.807) is 6.92 Å². The lowest BCUT2D eigenvalue weighted by Gasteiger charge is -2.20. The van der Waals surface area contributed by atoms with Crippen molar-refractivity contribution in [2.75, 3.05) is 11.3 Å². The van der Waals surface area contributed by atoms with Gasteiger partial charge in [0.15, 0.2) is 0 Å². The Morgan fingerprint density at radius 3 is 2.61 bits per heavy atom. The first kappa shape index (κ1) is 17.4. The molecule has 0 heterocycles. The first-order valence-corrected chi connectivity index (χ1v) is 8.70. The van der Waals surface area contributed by atoms with Crippen LogP contribution in [-0.2, 0) is 19.6 Å². The second-order valence-electron chi connectivity index (χ2n) is 5.06. The number of hydrogen-bond donors (Lipinski definition) is 1. The van der Waals surface area contributed by atoms with Gasteiger partial charge in [0.25, 0.3) is 10.0 Å². The lowest BCUT2D eigenvalue weighted by molar-refractivity contribution is -0.138. The molecule has 0 aromatic heterocycles. The van der Waals surface area contributed by atoms with Crippen LogP contribution >= 0.6 is 0 Å². The van der Waals surface area contributed by atoms with Crippen LogP contribution in [0, 0.1) is 11.6 Å². The van der Waals surface area contributed by atoms with Crippen molar-refractivity contribution in [2.24, 2.45) is 0 Å². The number of halogens is 2. The first-order valence-electron chi connectivity index (χ1n) is 7.22.